The zero-order valence-corrected chi connectivity index (χ0v) is 39.5. The molecule has 0 aromatic heterocycles. The van der Waals surface area contributed by atoms with E-state index in [0.29, 0.717) is 19.3 Å². The van der Waals surface area contributed by atoms with Crippen molar-refractivity contribution in [3.8, 4) is 0 Å². The third kappa shape index (κ3) is 46.2. The van der Waals surface area contributed by atoms with E-state index in [9.17, 15) is 14.4 Å². The summed E-state index contributed by atoms with van der Waals surface area (Å²) in [6.45, 7) is 6.51. The summed E-state index contributed by atoms with van der Waals surface area (Å²) in [4.78, 5) is 37.8. The van der Waals surface area contributed by atoms with Crippen LogP contribution >= 0.6 is 0 Å². The fraction of sp³-hybridized carbons (Fsp3) is 0.759. The second-order valence-electron chi connectivity index (χ2n) is 16.7. The van der Waals surface area contributed by atoms with Crippen LogP contribution in [0.1, 0.15) is 245 Å². The van der Waals surface area contributed by atoms with Gasteiger partial charge in [-0.15, -0.1) is 0 Å². The van der Waals surface area contributed by atoms with Crippen molar-refractivity contribution in [1.82, 2.24) is 0 Å². The number of rotatable bonds is 45. The third-order valence-electron chi connectivity index (χ3n) is 10.7. The van der Waals surface area contributed by atoms with Crippen LogP contribution in [0, 0.1) is 0 Å². The topological polar surface area (TPSA) is 78.9 Å². The fourth-order valence-electron chi connectivity index (χ4n) is 6.89. The molecule has 0 saturated heterocycles. The largest absolute Gasteiger partial charge is 0.462 e. The molecule has 0 radical (unpaired) electrons. The standard InChI is InChI=1S/C54H94O6/c1-4-7-10-13-16-19-22-24-26-27-29-30-32-35-38-41-44-47-53(56)59-50-51(49-58-52(55)46-43-40-37-34-21-18-15-12-9-6-3)60-54(57)48-45-42-39-36-33-31-28-25-23-20-17-14-11-8-5-2/h15-16,18-19,24,26,29-30,35,38,51H,4-14,17,20-23,25,27-28,31-34,36-37,39-50H2,1-3H3/b18-15-,19-16-,26-24-,30-29-,38-35-. The average Bonchev–Trinajstić information content (AvgIpc) is 3.24. The first-order valence-corrected chi connectivity index (χ1v) is 25.3. The van der Waals surface area contributed by atoms with Crippen molar-refractivity contribution in [2.24, 2.45) is 0 Å². The molecule has 0 heterocycles. The summed E-state index contributed by atoms with van der Waals surface area (Å²) in [7, 11) is 0. The van der Waals surface area contributed by atoms with Crippen molar-refractivity contribution >= 4 is 17.9 Å². The number of hydrogen-bond acceptors (Lipinski definition) is 6. The van der Waals surface area contributed by atoms with Gasteiger partial charge in [0.25, 0.3) is 0 Å². The van der Waals surface area contributed by atoms with E-state index < -0.39 is 6.10 Å². The maximum Gasteiger partial charge on any atom is 0.306 e. The second-order valence-corrected chi connectivity index (χ2v) is 16.7. The molecule has 60 heavy (non-hydrogen) atoms. The summed E-state index contributed by atoms with van der Waals surface area (Å²) in [6.07, 6.45) is 59.2. The molecule has 0 N–H and O–H groups in total. The van der Waals surface area contributed by atoms with E-state index >= 15 is 0 Å². The van der Waals surface area contributed by atoms with Gasteiger partial charge in [-0.1, -0.05) is 210 Å². The molecule has 0 saturated carbocycles. The van der Waals surface area contributed by atoms with E-state index in [1.165, 1.54) is 116 Å². The monoisotopic (exact) mass is 839 g/mol. The van der Waals surface area contributed by atoms with Gasteiger partial charge in [0.1, 0.15) is 13.2 Å². The molecule has 0 aromatic carbocycles. The van der Waals surface area contributed by atoms with Gasteiger partial charge in [0.05, 0.1) is 0 Å². The normalized spacial score (nSPS) is 12.5. The summed E-state index contributed by atoms with van der Waals surface area (Å²) < 4.78 is 16.7. The van der Waals surface area contributed by atoms with E-state index in [0.717, 1.165) is 83.5 Å². The fourth-order valence-corrected chi connectivity index (χ4v) is 6.89. The number of unbranched alkanes of at least 4 members (excludes halogenated alkanes) is 24. The lowest BCUT2D eigenvalue weighted by Crippen LogP contribution is -2.30. The van der Waals surface area contributed by atoms with Crippen LogP contribution in [0.2, 0.25) is 0 Å². The van der Waals surface area contributed by atoms with Crippen LogP contribution in [0.25, 0.3) is 0 Å². The van der Waals surface area contributed by atoms with Gasteiger partial charge in [0.15, 0.2) is 6.10 Å². The van der Waals surface area contributed by atoms with Crippen LogP contribution in [0.4, 0.5) is 0 Å². The predicted octanol–water partition coefficient (Wildman–Crippen LogP) is 16.5. The molecule has 0 bridgehead atoms. The molecule has 0 aromatic rings. The van der Waals surface area contributed by atoms with Crippen LogP contribution in [0.15, 0.2) is 60.8 Å². The number of ether oxygens (including phenoxy) is 3. The summed E-state index contributed by atoms with van der Waals surface area (Å²) in [5.41, 5.74) is 0. The Morgan fingerprint density at radius 3 is 1.10 bits per heavy atom. The molecule has 346 valence electrons. The molecular formula is C54H94O6. The van der Waals surface area contributed by atoms with Gasteiger partial charge in [-0.2, -0.15) is 0 Å². The lowest BCUT2D eigenvalue weighted by atomic mass is 10.0. The lowest BCUT2D eigenvalue weighted by molar-refractivity contribution is -0.167. The Bertz CT molecular complexity index is 1100. The Morgan fingerprint density at radius 1 is 0.333 bits per heavy atom. The zero-order chi connectivity index (χ0) is 43.7. The van der Waals surface area contributed by atoms with Gasteiger partial charge in [-0.25, -0.2) is 0 Å². The minimum Gasteiger partial charge on any atom is -0.462 e. The number of esters is 3. The average molecular weight is 839 g/mol. The molecule has 6 nitrogen and oxygen atoms in total. The second kappa shape index (κ2) is 48.8. The van der Waals surface area contributed by atoms with Crippen LogP contribution in [0.3, 0.4) is 0 Å². The SMILES string of the molecule is CCCC/C=C\CCCCCCC(=O)OCC(COC(=O)CCC/C=C\C/C=C\C/C=C\C/C=C\CCCCC)OC(=O)CCCCCCCCCCCCCCCCC. The first-order chi connectivity index (χ1) is 29.5. The van der Waals surface area contributed by atoms with Gasteiger partial charge < -0.3 is 14.2 Å². The maximum atomic E-state index is 12.8. The van der Waals surface area contributed by atoms with E-state index in [2.05, 4.69) is 81.5 Å². The van der Waals surface area contributed by atoms with Gasteiger partial charge in [0, 0.05) is 19.3 Å². The maximum absolute atomic E-state index is 12.8. The number of hydrogen-bond donors (Lipinski definition) is 0. The number of carbonyl (C=O) groups is 3. The first kappa shape index (κ1) is 57.1. The van der Waals surface area contributed by atoms with Crippen LogP contribution in [0.5, 0.6) is 0 Å². The van der Waals surface area contributed by atoms with Gasteiger partial charge >= 0.3 is 17.9 Å². The summed E-state index contributed by atoms with van der Waals surface area (Å²) >= 11 is 0. The molecule has 6 heteroatoms. The smallest absolute Gasteiger partial charge is 0.306 e. The molecule has 1 atom stereocenters. The van der Waals surface area contributed by atoms with Crippen LogP contribution in [-0.2, 0) is 28.6 Å². The van der Waals surface area contributed by atoms with Gasteiger partial charge in [-0.3, -0.25) is 14.4 Å². The number of carbonyl (C=O) groups excluding carboxylic acids is 3. The van der Waals surface area contributed by atoms with E-state index in [1.54, 1.807) is 0 Å². The summed E-state index contributed by atoms with van der Waals surface area (Å²) in [5, 5.41) is 0. The van der Waals surface area contributed by atoms with E-state index in [1.807, 2.05) is 0 Å². The zero-order valence-electron chi connectivity index (χ0n) is 39.5. The molecule has 0 aliphatic heterocycles. The van der Waals surface area contributed by atoms with E-state index in [4.69, 9.17) is 14.2 Å². The van der Waals surface area contributed by atoms with Crippen molar-refractivity contribution < 1.29 is 28.6 Å². The highest BCUT2D eigenvalue weighted by Gasteiger charge is 2.19. The molecule has 0 fully saturated rings. The minimum absolute atomic E-state index is 0.0957. The summed E-state index contributed by atoms with van der Waals surface area (Å²) in [5.74, 6) is -0.963. The third-order valence-corrected chi connectivity index (χ3v) is 10.7. The van der Waals surface area contributed by atoms with Crippen molar-refractivity contribution in [3.63, 3.8) is 0 Å². The molecule has 0 aliphatic rings. The highest BCUT2D eigenvalue weighted by Crippen LogP contribution is 2.15. The van der Waals surface area contributed by atoms with E-state index in [-0.39, 0.29) is 37.5 Å². The first-order valence-electron chi connectivity index (χ1n) is 25.3. The summed E-state index contributed by atoms with van der Waals surface area (Å²) in [6, 6.07) is 0. The van der Waals surface area contributed by atoms with Gasteiger partial charge in [0.2, 0.25) is 0 Å². The predicted molar refractivity (Wildman–Crippen MR) is 256 cm³/mol. The molecule has 1 unspecified atom stereocenters. The van der Waals surface area contributed by atoms with Crippen LogP contribution < -0.4 is 0 Å². The number of allylic oxidation sites excluding steroid dienone is 10. The highest BCUT2D eigenvalue weighted by molar-refractivity contribution is 5.71. The molecule has 0 spiro atoms. The van der Waals surface area contributed by atoms with Gasteiger partial charge in [-0.05, 0) is 77.0 Å². The highest BCUT2D eigenvalue weighted by atomic mass is 16.6. The van der Waals surface area contributed by atoms with Crippen molar-refractivity contribution in [1.29, 1.82) is 0 Å². The van der Waals surface area contributed by atoms with Crippen LogP contribution in [-0.4, -0.2) is 37.2 Å². The van der Waals surface area contributed by atoms with Crippen molar-refractivity contribution in [2.75, 3.05) is 13.2 Å². The Kier molecular flexibility index (Phi) is 46.4. The molecular weight excluding hydrogens is 745 g/mol. The molecule has 0 amide bonds. The Hall–Kier alpha value is -2.89. The minimum atomic E-state index is -0.797. The quantitative estimate of drug-likeness (QED) is 0.0263. The lowest BCUT2D eigenvalue weighted by Gasteiger charge is -2.18. The molecule has 0 rings (SSSR count). The Balaban J connectivity index is 4.44. The molecule has 0 aliphatic carbocycles. The van der Waals surface area contributed by atoms with Crippen molar-refractivity contribution in [2.45, 2.75) is 252 Å². The Labute approximate surface area is 370 Å². The Morgan fingerprint density at radius 2 is 0.633 bits per heavy atom. The van der Waals surface area contributed by atoms with Crippen molar-refractivity contribution in [3.05, 3.63) is 60.8 Å².